The second-order valence-corrected chi connectivity index (χ2v) is 10.4. The molecule has 0 spiro atoms. The molecule has 4 rings (SSSR count). The summed E-state index contributed by atoms with van der Waals surface area (Å²) in [6, 6.07) is 6.79. The average Bonchev–Trinajstić information content (AvgIpc) is 2.88. The van der Waals surface area contributed by atoms with Gasteiger partial charge < -0.3 is 19.9 Å². The monoisotopic (exact) mass is 499 g/mol. The maximum Gasteiger partial charge on any atom is 0.334 e. The first-order chi connectivity index (χ1) is 17.4. The van der Waals surface area contributed by atoms with Gasteiger partial charge in [0.15, 0.2) is 0 Å². The highest BCUT2D eigenvalue weighted by atomic mass is 16.5. The van der Waals surface area contributed by atoms with Crippen molar-refractivity contribution >= 4 is 17.8 Å². The van der Waals surface area contributed by atoms with Gasteiger partial charge in [-0.3, -0.25) is 9.59 Å². The number of carbonyl (C=O) groups excluding carboxylic acids is 3. The summed E-state index contributed by atoms with van der Waals surface area (Å²) >= 11 is 0. The number of methoxy groups -OCH3 is 1. The van der Waals surface area contributed by atoms with Gasteiger partial charge in [0, 0.05) is 20.1 Å². The van der Waals surface area contributed by atoms with Gasteiger partial charge in [-0.2, -0.15) is 0 Å². The van der Waals surface area contributed by atoms with Gasteiger partial charge in [0.2, 0.25) is 11.8 Å². The number of likely N-dealkylation sites (N-methyl/N-ethyl adjacent to an activating group) is 1. The van der Waals surface area contributed by atoms with Crippen LogP contribution in [0, 0.1) is 5.92 Å². The molecular formula is C27H41N5O4. The molecule has 1 aliphatic carbocycles. The Kier molecular flexibility index (Phi) is 8.72. The molecule has 2 aliphatic heterocycles. The van der Waals surface area contributed by atoms with Gasteiger partial charge in [0.1, 0.15) is 18.0 Å². The Morgan fingerprint density at radius 3 is 2.50 bits per heavy atom. The molecule has 9 heteroatoms. The lowest BCUT2D eigenvalue weighted by Crippen LogP contribution is -2.76. The van der Waals surface area contributed by atoms with E-state index < -0.39 is 12.2 Å². The van der Waals surface area contributed by atoms with E-state index in [1.165, 1.54) is 19.3 Å². The molecule has 0 radical (unpaired) electrons. The van der Waals surface area contributed by atoms with Crippen molar-refractivity contribution in [3.05, 3.63) is 29.8 Å². The van der Waals surface area contributed by atoms with Crippen LogP contribution in [-0.2, 0) is 16.1 Å². The summed E-state index contributed by atoms with van der Waals surface area (Å²) < 4.78 is 5.21. The molecular weight excluding hydrogens is 458 g/mol. The van der Waals surface area contributed by atoms with Crippen LogP contribution in [0.2, 0.25) is 0 Å². The number of hydrogen-bond acceptors (Lipinski definition) is 5. The highest BCUT2D eigenvalue weighted by Gasteiger charge is 2.50. The number of hydrazine groups is 1. The number of hydrogen-bond donors (Lipinski definition) is 1. The summed E-state index contributed by atoms with van der Waals surface area (Å²) in [5.41, 5.74) is 0.954. The molecule has 0 aromatic heterocycles. The van der Waals surface area contributed by atoms with E-state index in [1.807, 2.05) is 29.2 Å². The molecule has 4 amide bonds. The number of unbranched alkanes of at least 4 members (excludes halogenated alkanes) is 1. The lowest BCUT2D eigenvalue weighted by Gasteiger charge is -2.55. The van der Waals surface area contributed by atoms with Crippen molar-refractivity contribution < 1.29 is 19.1 Å². The number of nitrogens with one attached hydrogen (secondary N) is 1. The molecule has 1 N–H and O–H groups in total. The molecule has 3 fully saturated rings. The minimum absolute atomic E-state index is 0.0433. The van der Waals surface area contributed by atoms with Crippen LogP contribution in [0.3, 0.4) is 0 Å². The van der Waals surface area contributed by atoms with Crippen molar-refractivity contribution in [1.29, 1.82) is 0 Å². The van der Waals surface area contributed by atoms with Crippen molar-refractivity contribution in [3.8, 4) is 5.75 Å². The molecule has 1 unspecified atom stereocenters. The van der Waals surface area contributed by atoms with Gasteiger partial charge in [-0.05, 0) is 42.9 Å². The van der Waals surface area contributed by atoms with Crippen LogP contribution in [0.1, 0.15) is 63.9 Å². The molecule has 2 atom stereocenters. The number of amides is 4. The Labute approximate surface area is 214 Å². The molecule has 198 valence electrons. The Balaban J connectivity index is 1.53. The predicted molar refractivity (Wildman–Crippen MR) is 137 cm³/mol. The topological polar surface area (TPSA) is 85.4 Å². The number of carbonyl (C=O) groups is 3. The van der Waals surface area contributed by atoms with Crippen molar-refractivity contribution in [1.82, 2.24) is 25.1 Å². The van der Waals surface area contributed by atoms with E-state index in [0.717, 1.165) is 37.0 Å². The van der Waals surface area contributed by atoms with Crippen LogP contribution in [-0.4, -0.2) is 83.7 Å². The first-order valence-corrected chi connectivity index (χ1v) is 13.4. The largest absolute Gasteiger partial charge is 0.497 e. The number of rotatable bonds is 8. The molecule has 0 bridgehead atoms. The van der Waals surface area contributed by atoms with Crippen LogP contribution < -0.4 is 10.1 Å². The predicted octanol–water partition coefficient (Wildman–Crippen LogP) is 3.20. The second kappa shape index (κ2) is 12.0. The number of fused-ring (bicyclic) bond motifs is 1. The number of benzene rings is 1. The van der Waals surface area contributed by atoms with E-state index in [2.05, 4.69) is 12.2 Å². The van der Waals surface area contributed by atoms with E-state index in [4.69, 9.17) is 4.74 Å². The smallest absolute Gasteiger partial charge is 0.334 e. The summed E-state index contributed by atoms with van der Waals surface area (Å²) in [4.78, 5) is 43.9. The summed E-state index contributed by atoms with van der Waals surface area (Å²) in [5, 5.41) is 6.35. The second-order valence-electron chi connectivity index (χ2n) is 10.4. The summed E-state index contributed by atoms with van der Waals surface area (Å²) in [6.07, 6.45) is 7.91. The van der Waals surface area contributed by atoms with Crippen LogP contribution in [0.25, 0.3) is 0 Å². The fourth-order valence-electron chi connectivity index (χ4n) is 5.83. The molecule has 1 aromatic carbocycles. The molecule has 36 heavy (non-hydrogen) atoms. The van der Waals surface area contributed by atoms with Gasteiger partial charge in [-0.25, -0.2) is 14.8 Å². The number of ether oxygens (including phenoxy) is 1. The van der Waals surface area contributed by atoms with Crippen molar-refractivity contribution in [2.75, 3.05) is 33.8 Å². The summed E-state index contributed by atoms with van der Waals surface area (Å²) in [5.74, 6) is 1.21. The third kappa shape index (κ3) is 5.77. The number of urea groups is 1. The Morgan fingerprint density at radius 2 is 1.83 bits per heavy atom. The Hall–Kier alpha value is -2.81. The standard InChI is InChI=1S/C27H41N5O4/c1-4-5-11-23-26(34)30(17-21-9-7-6-8-10-21)18-24-31(23)25(33)19-29(2)32(24)27(35)28-16-20-12-14-22(36-3)15-13-20/h12-15,21,23-24H,4-11,16-19H2,1-3H3,(H,28,35)/t23-,24?/m0/s1. The zero-order valence-electron chi connectivity index (χ0n) is 21.9. The molecule has 1 aromatic rings. The number of piperazine rings is 1. The van der Waals surface area contributed by atoms with Gasteiger partial charge in [-0.15, -0.1) is 0 Å². The van der Waals surface area contributed by atoms with E-state index in [0.29, 0.717) is 32.0 Å². The van der Waals surface area contributed by atoms with Crippen LogP contribution in [0.5, 0.6) is 5.75 Å². The highest BCUT2D eigenvalue weighted by molar-refractivity contribution is 5.91. The molecule has 1 saturated carbocycles. The summed E-state index contributed by atoms with van der Waals surface area (Å²) in [6.45, 7) is 3.59. The molecule has 2 heterocycles. The van der Waals surface area contributed by atoms with E-state index in [9.17, 15) is 14.4 Å². The van der Waals surface area contributed by atoms with E-state index >= 15 is 0 Å². The highest BCUT2D eigenvalue weighted by Crippen LogP contribution is 2.31. The van der Waals surface area contributed by atoms with Crippen LogP contribution >= 0.6 is 0 Å². The van der Waals surface area contributed by atoms with Crippen molar-refractivity contribution in [3.63, 3.8) is 0 Å². The fraction of sp³-hybridized carbons (Fsp3) is 0.667. The van der Waals surface area contributed by atoms with E-state index in [-0.39, 0.29) is 24.4 Å². The van der Waals surface area contributed by atoms with Crippen LogP contribution in [0.15, 0.2) is 24.3 Å². The van der Waals surface area contributed by atoms with Crippen molar-refractivity contribution in [2.24, 2.45) is 5.92 Å². The molecule has 3 aliphatic rings. The Bertz CT molecular complexity index is 917. The minimum Gasteiger partial charge on any atom is -0.497 e. The van der Waals surface area contributed by atoms with Gasteiger partial charge in [-0.1, -0.05) is 51.2 Å². The molecule has 9 nitrogen and oxygen atoms in total. The fourth-order valence-corrected chi connectivity index (χ4v) is 5.83. The lowest BCUT2D eigenvalue weighted by atomic mass is 9.88. The van der Waals surface area contributed by atoms with Gasteiger partial charge >= 0.3 is 6.03 Å². The summed E-state index contributed by atoms with van der Waals surface area (Å²) in [7, 11) is 3.39. The van der Waals surface area contributed by atoms with Crippen LogP contribution in [0.4, 0.5) is 4.79 Å². The average molecular weight is 500 g/mol. The first kappa shape index (κ1) is 26.3. The quantitative estimate of drug-likeness (QED) is 0.594. The zero-order chi connectivity index (χ0) is 25.7. The normalized spacial score (nSPS) is 23.6. The van der Waals surface area contributed by atoms with Gasteiger partial charge in [0.05, 0.1) is 20.2 Å². The zero-order valence-corrected chi connectivity index (χ0v) is 21.9. The van der Waals surface area contributed by atoms with Gasteiger partial charge in [0.25, 0.3) is 0 Å². The maximum atomic E-state index is 13.6. The number of nitrogens with zero attached hydrogens (tertiary/aromatic N) is 4. The lowest BCUT2D eigenvalue weighted by molar-refractivity contribution is -0.188. The minimum atomic E-state index is -0.509. The third-order valence-electron chi connectivity index (χ3n) is 7.78. The van der Waals surface area contributed by atoms with Crippen molar-refractivity contribution in [2.45, 2.75) is 77.0 Å². The first-order valence-electron chi connectivity index (χ1n) is 13.4. The van der Waals surface area contributed by atoms with E-state index in [1.54, 1.807) is 29.1 Å². The third-order valence-corrected chi connectivity index (χ3v) is 7.78. The molecule has 2 saturated heterocycles. The Morgan fingerprint density at radius 1 is 1.11 bits per heavy atom. The maximum absolute atomic E-state index is 13.6. The SMILES string of the molecule is CCCC[C@H]1C(=O)N(CC2CCCCC2)CC2N1C(=O)CN(C)N2C(=O)NCc1ccc(OC)cc1.